The Kier molecular flexibility index (Phi) is 1.86. The first-order valence-corrected chi connectivity index (χ1v) is 5.05. The number of nitrogens with one attached hydrogen (secondary N) is 2. The molecule has 0 unspecified atom stereocenters. The molecule has 4 nitrogen and oxygen atoms in total. The number of rotatable bonds is 1. The molecule has 0 aliphatic carbocycles. The van der Waals surface area contributed by atoms with Crippen molar-refractivity contribution in [2.24, 2.45) is 0 Å². The predicted molar refractivity (Wildman–Crippen MR) is 64.3 cm³/mol. The largest absolute Gasteiger partial charge is 0.506 e. The minimum atomic E-state index is 0.232. The van der Waals surface area contributed by atoms with Gasteiger partial charge in [0, 0.05) is 0 Å². The fourth-order valence-corrected chi connectivity index (χ4v) is 1.72. The molecule has 3 rings (SSSR count). The fourth-order valence-electron chi connectivity index (χ4n) is 1.72. The second-order valence-electron chi connectivity index (χ2n) is 3.59. The third-order valence-corrected chi connectivity index (χ3v) is 2.51. The molecule has 1 heterocycles. The zero-order valence-corrected chi connectivity index (χ0v) is 8.51. The van der Waals surface area contributed by atoms with Crippen LogP contribution in [-0.2, 0) is 0 Å². The number of aromatic hydroxyl groups is 1. The first-order chi connectivity index (χ1) is 7.84. The molecule has 0 saturated carbocycles. The highest BCUT2D eigenvalue weighted by molar-refractivity contribution is 5.80. The van der Waals surface area contributed by atoms with E-state index in [9.17, 15) is 5.11 Å². The summed E-state index contributed by atoms with van der Waals surface area (Å²) in [6, 6.07) is 15.0. The summed E-state index contributed by atoms with van der Waals surface area (Å²) >= 11 is 0. The summed E-state index contributed by atoms with van der Waals surface area (Å²) in [5.74, 6) is 0.232. The molecule has 80 valence electrons. The number of fused-ring (bicyclic) bond motifs is 1. The lowest BCUT2D eigenvalue weighted by Gasteiger charge is -2.19. The topological polar surface area (TPSA) is 47.5 Å². The number of hydrogen-bond donors (Lipinski definition) is 3. The quantitative estimate of drug-likeness (QED) is 0.681. The van der Waals surface area contributed by atoms with E-state index in [0.29, 0.717) is 5.69 Å². The average Bonchev–Trinajstić information content (AvgIpc) is 2.73. The molecular weight excluding hydrogens is 202 g/mol. The molecule has 0 spiro atoms. The second-order valence-corrected chi connectivity index (χ2v) is 3.59. The number of hydrazine groups is 2. The van der Waals surface area contributed by atoms with E-state index < -0.39 is 0 Å². The van der Waals surface area contributed by atoms with Crippen molar-refractivity contribution >= 4 is 17.1 Å². The van der Waals surface area contributed by atoms with Crippen LogP contribution in [0.15, 0.2) is 48.5 Å². The van der Waals surface area contributed by atoms with Crippen LogP contribution in [0.3, 0.4) is 0 Å². The summed E-state index contributed by atoms with van der Waals surface area (Å²) in [5, 5.41) is 11.4. The highest BCUT2D eigenvalue weighted by atomic mass is 16.3. The molecule has 1 aliphatic rings. The van der Waals surface area contributed by atoms with Crippen molar-refractivity contribution in [1.82, 2.24) is 0 Å². The van der Waals surface area contributed by atoms with Crippen molar-refractivity contribution in [2.45, 2.75) is 0 Å². The van der Waals surface area contributed by atoms with E-state index in [4.69, 9.17) is 0 Å². The van der Waals surface area contributed by atoms with Gasteiger partial charge in [-0.15, -0.1) is 0 Å². The smallest absolute Gasteiger partial charge is 0.142 e. The lowest BCUT2D eigenvalue weighted by Crippen LogP contribution is -2.29. The Hall–Kier alpha value is -2.36. The molecule has 0 bridgehead atoms. The number of phenolic OH excluding ortho intramolecular Hbond substituents is 1. The lowest BCUT2D eigenvalue weighted by molar-refractivity contribution is 0.475. The molecular formula is C12H11N3O. The molecule has 2 aromatic carbocycles. The van der Waals surface area contributed by atoms with Gasteiger partial charge in [-0.2, -0.15) is 5.12 Å². The predicted octanol–water partition coefficient (Wildman–Crippen LogP) is 2.57. The third-order valence-electron chi connectivity index (χ3n) is 2.51. The molecule has 0 aromatic heterocycles. The van der Waals surface area contributed by atoms with Gasteiger partial charge >= 0.3 is 0 Å². The standard InChI is InChI=1S/C12H11N3O/c16-12-8-4-3-7-11(12)15-13-9-5-1-2-6-10(9)14-15/h1-8,13-14,16H. The van der Waals surface area contributed by atoms with E-state index in [0.717, 1.165) is 11.4 Å². The molecule has 0 radical (unpaired) electrons. The van der Waals surface area contributed by atoms with Gasteiger partial charge in [-0.25, -0.2) is 0 Å². The molecule has 2 aromatic rings. The Bertz CT molecular complexity index is 502. The lowest BCUT2D eigenvalue weighted by atomic mass is 10.3. The van der Waals surface area contributed by atoms with Gasteiger partial charge in [-0.05, 0) is 24.3 Å². The molecule has 0 saturated heterocycles. The van der Waals surface area contributed by atoms with Crippen LogP contribution in [0.25, 0.3) is 0 Å². The molecule has 0 fully saturated rings. The van der Waals surface area contributed by atoms with Gasteiger partial charge in [0.15, 0.2) is 0 Å². The van der Waals surface area contributed by atoms with E-state index in [1.54, 1.807) is 17.3 Å². The highest BCUT2D eigenvalue weighted by Crippen LogP contribution is 2.34. The van der Waals surface area contributed by atoms with Crippen molar-refractivity contribution in [1.29, 1.82) is 0 Å². The summed E-state index contributed by atoms with van der Waals surface area (Å²) in [6.45, 7) is 0. The minimum Gasteiger partial charge on any atom is -0.506 e. The Morgan fingerprint density at radius 3 is 2.00 bits per heavy atom. The Morgan fingerprint density at radius 2 is 1.38 bits per heavy atom. The molecule has 0 atom stereocenters. The first-order valence-electron chi connectivity index (χ1n) is 5.05. The summed E-state index contributed by atoms with van der Waals surface area (Å²) in [4.78, 5) is 0. The molecule has 16 heavy (non-hydrogen) atoms. The van der Waals surface area contributed by atoms with Crippen molar-refractivity contribution in [3.8, 4) is 5.75 Å². The van der Waals surface area contributed by atoms with E-state index in [1.807, 2.05) is 36.4 Å². The molecule has 0 amide bonds. The van der Waals surface area contributed by atoms with E-state index in [-0.39, 0.29) is 5.75 Å². The van der Waals surface area contributed by atoms with Crippen LogP contribution >= 0.6 is 0 Å². The van der Waals surface area contributed by atoms with Crippen LogP contribution in [0.4, 0.5) is 17.1 Å². The monoisotopic (exact) mass is 213 g/mol. The number of phenols is 1. The van der Waals surface area contributed by atoms with Gasteiger partial charge in [0.1, 0.15) is 11.4 Å². The van der Waals surface area contributed by atoms with Crippen LogP contribution in [0.5, 0.6) is 5.75 Å². The zero-order chi connectivity index (χ0) is 11.0. The van der Waals surface area contributed by atoms with Crippen LogP contribution in [0.2, 0.25) is 0 Å². The summed E-state index contributed by atoms with van der Waals surface area (Å²) in [7, 11) is 0. The van der Waals surface area contributed by atoms with E-state index in [2.05, 4.69) is 10.9 Å². The molecule has 3 N–H and O–H groups in total. The Balaban J connectivity index is 1.95. The average molecular weight is 213 g/mol. The number of benzene rings is 2. The maximum atomic E-state index is 9.73. The maximum Gasteiger partial charge on any atom is 0.142 e. The van der Waals surface area contributed by atoms with E-state index in [1.165, 1.54) is 0 Å². The van der Waals surface area contributed by atoms with Crippen LogP contribution in [-0.4, -0.2) is 5.11 Å². The number of hydrogen-bond acceptors (Lipinski definition) is 4. The van der Waals surface area contributed by atoms with Crippen LogP contribution in [0.1, 0.15) is 0 Å². The SMILES string of the molecule is Oc1ccccc1N1Nc2ccccc2N1. The highest BCUT2D eigenvalue weighted by Gasteiger charge is 2.18. The minimum absolute atomic E-state index is 0.232. The normalized spacial score (nSPS) is 12.9. The fraction of sp³-hybridized carbons (Fsp3) is 0. The number of para-hydroxylation sites is 4. The Morgan fingerprint density at radius 1 is 0.812 bits per heavy atom. The van der Waals surface area contributed by atoms with Gasteiger partial charge in [-0.1, -0.05) is 24.3 Å². The number of nitrogens with zero attached hydrogens (tertiary/aromatic N) is 1. The van der Waals surface area contributed by atoms with Crippen molar-refractivity contribution in [2.75, 3.05) is 16.0 Å². The first kappa shape index (κ1) is 8.91. The van der Waals surface area contributed by atoms with Gasteiger partial charge < -0.3 is 5.11 Å². The Labute approximate surface area is 93.1 Å². The van der Waals surface area contributed by atoms with Crippen LogP contribution < -0.4 is 16.0 Å². The summed E-state index contributed by atoms with van der Waals surface area (Å²) in [5.41, 5.74) is 8.98. The van der Waals surface area contributed by atoms with E-state index >= 15 is 0 Å². The maximum absolute atomic E-state index is 9.73. The van der Waals surface area contributed by atoms with Crippen molar-refractivity contribution in [3.05, 3.63) is 48.5 Å². The van der Waals surface area contributed by atoms with Gasteiger partial charge in [0.25, 0.3) is 0 Å². The molecule has 4 heteroatoms. The van der Waals surface area contributed by atoms with Gasteiger partial charge in [0.2, 0.25) is 0 Å². The third kappa shape index (κ3) is 1.32. The van der Waals surface area contributed by atoms with Gasteiger partial charge in [0.05, 0.1) is 11.4 Å². The zero-order valence-electron chi connectivity index (χ0n) is 8.51. The van der Waals surface area contributed by atoms with Gasteiger partial charge in [-0.3, -0.25) is 10.9 Å². The number of anilines is 3. The second kappa shape index (κ2) is 3.34. The molecule has 1 aliphatic heterocycles. The van der Waals surface area contributed by atoms with Crippen molar-refractivity contribution in [3.63, 3.8) is 0 Å². The van der Waals surface area contributed by atoms with Crippen LogP contribution in [0, 0.1) is 0 Å². The summed E-state index contributed by atoms with van der Waals surface area (Å²) in [6.07, 6.45) is 0. The van der Waals surface area contributed by atoms with Crippen molar-refractivity contribution < 1.29 is 5.11 Å². The summed E-state index contributed by atoms with van der Waals surface area (Å²) < 4.78 is 0.